The molecule has 7 heteroatoms. The number of hydrogen-bond donors (Lipinski definition) is 0. The first kappa shape index (κ1) is 14.9. The van der Waals surface area contributed by atoms with Gasteiger partial charge in [-0.25, -0.2) is 0 Å². The highest BCUT2D eigenvalue weighted by atomic mass is 28.4. The van der Waals surface area contributed by atoms with E-state index >= 15 is 0 Å². The van der Waals surface area contributed by atoms with Gasteiger partial charge in [-0.15, -0.1) is 0 Å². The average Bonchev–Trinajstić information content (AvgIpc) is 2.02. The van der Waals surface area contributed by atoms with E-state index < -0.39 is 21.1 Å². The van der Waals surface area contributed by atoms with Crippen molar-refractivity contribution in [3.63, 3.8) is 0 Å². The second kappa shape index (κ2) is 5.83. The molecule has 0 rings (SSSR count). The van der Waals surface area contributed by atoms with Crippen LogP contribution < -0.4 is 0 Å². The lowest BCUT2D eigenvalue weighted by Gasteiger charge is -2.29. The van der Waals surface area contributed by atoms with Gasteiger partial charge >= 0.3 is 15.0 Å². The van der Waals surface area contributed by atoms with Gasteiger partial charge in [-0.2, -0.15) is 13.2 Å². The van der Waals surface area contributed by atoms with E-state index in [0.717, 1.165) is 6.92 Å². The molecule has 0 heterocycles. The summed E-state index contributed by atoms with van der Waals surface area (Å²) in [4.78, 5) is 0. The van der Waals surface area contributed by atoms with Crippen LogP contribution in [0.1, 0.15) is 20.8 Å². The van der Waals surface area contributed by atoms with Crippen molar-refractivity contribution >= 4 is 8.80 Å². The summed E-state index contributed by atoms with van der Waals surface area (Å²) in [6, 6.07) is 0. The van der Waals surface area contributed by atoms with Gasteiger partial charge in [0.05, 0.1) is 0 Å². The van der Waals surface area contributed by atoms with Gasteiger partial charge in [-0.1, -0.05) is 0 Å². The van der Waals surface area contributed by atoms with Crippen LogP contribution in [0.5, 0.6) is 0 Å². The van der Waals surface area contributed by atoms with Crippen molar-refractivity contribution in [2.45, 2.75) is 39.6 Å². The highest BCUT2D eigenvalue weighted by molar-refractivity contribution is 6.59. The lowest BCUT2D eigenvalue weighted by atomic mass is 10.4. The van der Waals surface area contributed by atoms with Gasteiger partial charge in [0.15, 0.2) is 0 Å². The minimum Gasteiger partial charge on any atom is -0.374 e. The van der Waals surface area contributed by atoms with Crippen molar-refractivity contribution in [1.29, 1.82) is 0 Å². The molecule has 0 aromatic carbocycles. The molecule has 0 radical (unpaired) electrons. The van der Waals surface area contributed by atoms with Crippen LogP contribution in [-0.4, -0.2) is 34.3 Å². The molecule has 0 spiro atoms. The predicted molar refractivity (Wildman–Crippen MR) is 51.5 cm³/mol. The maximum atomic E-state index is 12.2. The summed E-state index contributed by atoms with van der Waals surface area (Å²) in [5.74, 6) is 0. The van der Waals surface area contributed by atoms with Crippen LogP contribution in [0.4, 0.5) is 13.2 Å². The average molecular weight is 246 g/mol. The molecule has 0 aromatic heterocycles. The van der Waals surface area contributed by atoms with Gasteiger partial charge in [0.2, 0.25) is 0 Å². The van der Waals surface area contributed by atoms with Crippen molar-refractivity contribution in [1.82, 2.24) is 0 Å². The Morgan fingerprint density at radius 2 is 1.53 bits per heavy atom. The SMILES string of the molecule is CCO[Si](C)(OCC)OC(C)C(F)(F)F. The van der Waals surface area contributed by atoms with E-state index in [1.807, 2.05) is 0 Å². The van der Waals surface area contributed by atoms with Gasteiger partial charge in [0, 0.05) is 19.8 Å². The molecule has 1 unspecified atom stereocenters. The van der Waals surface area contributed by atoms with E-state index in [1.54, 1.807) is 13.8 Å². The number of rotatable bonds is 6. The molecule has 0 saturated carbocycles. The Morgan fingerprint density at radius 3 is 1.80 bits per heavy atom. The maximum absolute atomic E-state index is 12.2. The van der Waals surface area contributed by atoms with E-state index in [-0.39, 0.29) is 13.2 Å². The van der Waals surface area contributed by atoms with Crippen LogP contribution in [0.3, 0.4) is 0 Å². The third-order valence-electron chi connectivity index (χ3n) is 1.66. The van der Waals surface area contributed by atoms with E-state index in [2.05, 4.69) is 0 Å². The highest BCUT2D eigenvalue weighted by Gasteiger charge is 2.45. The first-order valence-electron chi connectivity index (χ1n) is 4.77. The summed E-state index contributed by atoms with van der Waals surface area (Å²) >= 11 is 0. The Labute approximate surface area is 88.9 Å². The zero-order chi connectivity index (χ0) is 12.1. The fourth-order valence-corrected chi connectivity index (χ4v) is 3.07. The summed E-state index contributed by atoms with van der Waals surface area (Å²) < 4.78 is 51.9. The first-order chi connectivity index (χ1) is 6.75. The topological polar surface area (TPSA) is 27.7 Å². The second-order valence-corrected chi connectivity index (χ2v) is 5.57. The molecule has 0 aliphatic rings. The van der Waals surface area contributed by atoms with Gasteiger partial charge in [-0.05, 0) is 20.8 Å². The molecule has 0 amide bonds. The third-order valence-corrected chi connectivity index (χ3v) is 4.07. The van der Waals surface area contributed by atoms with Crippen LogP contribution in [0.2, 0.25) is 6.55 Å². The summed E-state index contributed by atoms with van der Waals surface area (Å²) in [5, 5.41) is 0. The highest BCUT2D eigenvalue weighted by Crippen LogP contribution is 2.26. The van der Waals surface area contributed by atoms with E-state index in [1.165, 1.54) is 6.55 Å². The molecule has 15 heavy (non-hydrogen) atoms. The molecule has 0 bridgehead atoms. The second-order valence-electron chi connectivity index (χ2n) is 3.03. The quantitative estimate of drug-likeness (QED) is 0.674. The summed E-state index contributed by atoms with van der Waals surface area (Å²) in [7, 11) is -3.14. The molecule has 0 saturated heterocycles. The van der Waals surface area contributed by atoms with Crippen molar-refractivity contribution in [2.24, 2.45) is 0 Å². The van der Waals surface area contributed by atoms with Crippen LogP contribution in [0.25, 0.3) is 0 Å². The predicted octanol–water partition coefficient (Wildman–Crippen LogP) is 2.60. The van der Waals surface area contributed by atoms with Crippen molar-refractivity contribution in [3.05, 3.63) is 0 Å². The van der Waals surface area contributed by atoms with Gasteiger partial charge in [0.25, 0.3) is 0 Å². The smallest absolute Gasteiger partial charge is 0.374 e. The largest absolute Gasteiger partial charge is 0.498 e. The van der Waals surface area contributed by atoms with Gasteiger partial charge < -0.3 is 13.3 Å². The Balaban J connectivity index is 4.40. The number of halogens is 3. The maximum Gasteiger partial charge on any atom is 0.498 e. The van der Waals surface area contributed by atoms with E-state index in [4.69, 9.17) is 13.3 Å². The minimum atomic E-state index is -4.39. The van der Waals surface area contributed by atoms with Crippen molar-refractivity contribution in [2.75, 3.05) is 13.2 Å². The monoisotopic (exact) mass is 246 g/mol. The zero-order valence-electron chi connectivity index (χ0n) is 9.35. The molecule has 0 aromatic rings. The Morgan fingerprint density at radius 1 is 1.13 bits per heavy atom. The van der Waals surface area contributed by atoms with Crippen LogP contribution in [-0.2, 0) is 13.3 Å². The fraction of sp³-hybridized carbons (Fsp3) is 1.00. The molecule has 0 fully saturated rings. The molecule has 1 atom stereocenters. The van der Waals surface area contributed by atoms with E-state index in [9.17, 15) is 13.2 Å². The molecule has 3 nitrogen and oxygen atoms in total. The standard InChI is InChI=1S/C8H17F3O3Si/c1-5-12-15(4,13-6-2)14-7(3)8(9,10)11/h7H,5-6H2,1-4H3. The van der Waals surface area contributed by atoms with Gasteiger partial charge in [-0.3, -0.25) is 0 Å². The molecule has 92 valence electrons. The Kier molecular flexibility index (Phi) is 5.79. The zero-order valence-corrected chi connectivity index (χ0v) is 10.4. The van der Waals surface area contributed by atoms with Crippen LogP contribution >= 0.6 is 0 Å². The molecule has 0 aliphatic heterocycles. The lowest BCUT2D eigenvalue weighted by molar-refractivity contribution is -0.201. The number of alkyl halides is 3. The fourth-order valence-electron chi connectivity index (χ4n) is 1.02. The molecular weight excluding hydrogens is 229 g/mol. The van der Waals surface area contributed by atoms with E-state index in [0.29, 0.717) is 0 Å². The van der Waals surface area contributed by atoms with Crippen LogP contribution in [0, 0.1) is 0 Å². The summed E-state index contributed by atoms with van der Waals surface area (Å²) in [6.45, 7) is 6.32. The summed E-state index contributed by atoms with van der Waals surface area (Å²) in [6.07, 6.45) is -6.25. The summed E-state index contributed by atoms with van der Waals surface area (Å²) in [5.41, 5.74) is 0. The number of hydrogen-bond acceptors (Lipinski definition) is 3. The lowest BCUT2D eigenvalue weighted by Crippen LogP contribution is -2.48. The third kappa shape index (κ3) is 5.50. The van der Waals surface area contributed by atoms with Crippen molar-refractivity contribution < 1.29 is 26.4 Å². The van der Waals surface area contributed by atoms with Crippen molar-refractivity contribution in [3.8, 4) is 0 Å². The minimum absolute atomic E-state index is 0.271. The Hall–Kier alpha value is -0.113. The van der Waals surface area contributed by atoms with Gasteiger partial charge in [0.1, 0.15) is 6.10 Å². The first-order valence-corrected chi connectivity index (χ1v) is 7.00. The Bertz CT molecular complexity index is 180. The molecule has 0 N–H and O–H groups in total. The molecular formula is C8H17F3O3Si. The normalized spacial score (nSPS) is 15.4. The van der Waals surface area contributed by atoms with Crippen LogP contribution in [0.15, 0.2) is 0 Å². The molecule has 0 aliphatic carbocycles.